The van der Waals surface area contributed by atoms with E-state index >= 15 is 0 Å². The number of aryl methyl sites for hydroxylation is 1. The van der Waals surface area contributed by atoms with Gasteiger partial charge < -0.3 is 0 Å². The maximum absolute atomic E-state index is 13.4. The monoisotopic (exact) mass is 480 g/mol. The Morgan fingerprint density at radius 3 is 2.46 bits per heavy atom. The van der Waals surface area contributed by atoms with E-state index in [0.29, 0.717) is 33.2 Å². The highest BCUT2D eigenvalue weighted by Crippen LogP contribution is 2.24. The number of hydrogen-bond donors (Lipinski definition) is 0. The molecule has 8 nitrogen and oxygen atoms in total. The molecule has 2 heterocycles. The SMILES string of the molecule is Cc1ccc(-n2c(=O)c3ccccc3n3c(SCC(=O)N(CC#N)c4ccccc4)nnc23)cc1. The summed E-state index contributed by atoms with van der Waals surface area (Å²) in [6, 6.07) is 26.0. The predicted molar refractivity (Wildman–Crippen MR) is 136 cm³/mol. The molecule has 0 spiro atoms. The molecule has 172 valence electrons. The summed E-state index contributed by atoms with van der Waals surface area (Å²) in [4.78, 5) is 27.9. The summed E-state index contributed by atoms with van der Waals surface area (Å²) in [5.74, 6) is 0.190. The van der Waals surface area contributed by atoms with Crippen LogP contribution in [0.1, 0.15) is 5.56 Å². The molecule has 0 fully saturated rings. The maximum atomic E-state index is 13.4. The molecule has 0 aliphatic heterocycles. The fraction of sp³-hybridized carbons (Fsp3) is 0.115. The third-order valence-electron chi connectivity index (χ3n) is 5.61. The van der Waals surface area contributed by atoms with E-state index in [2.05, 4.69) is 16.3 Å². The van der Waals surface area contributed by atoms with Gasteiger partial charge in [-0.15, -0.1) is 10.2 Å². The van der Waals surface area contributed by atoms with Gasteiger partial charge in [0.2, 0.25) is 11.7 Å². The largest absolute Gasteiger partial charge is 0.298 e. The topological polar surface area (TPSA) is 96.3 Å². The van der Waals surface area contributed by atoms with Gasteiger partial charge in [0.1, 0.15) is 6.54 Å². The zero-order valence-electron chi connectivity index (χ0n) is 18.8. The molecule has 0 N–H and O–H groups in total. The van der Waals surface area contributed by atoms with E-state index in [-0.39, 0.29) is 23.8 Å². The maximum Gasteiger partial charge on any atom is 0.267 e. The van der Waals surface area contributed by atoms with Crippen LogP contribution in [0.2, 0.25) is 0 Å². The van der Waals surface area contributed by atoms with Crippen molar-refractivity contribution in [1.82, 2.24) is 19.2 Å². The number of hydrogen-bond acceptors (Lipinski definition) is 6. The molecular formula is C26H20N6O2S. The van der Waals surface area contributed by atoms with Crippen LogP contribution in [-0.4, -0.2) is 37.4 Å². The Kier molecular flexibility index (Phi) is 6.04. The molecule has 9 heteroatoms. The molecule has 3 aromatic carbocycles. The van der Waals surface area contributed by atoms with Crippen LogP contribution >= 0.6 is 11.8 Å². The van der Waals surface area contributed by atoms with Gasteiger partial charge in [-0.2, -0.15) is 5.26 Å². The molecular weight excluding hydrogens is 460 g/mol. The highest BCUT2D eigenvalue weighted by atomic mass is 32.2. The number of amides is 1. The first-order valence-electron chi connectivity index (χ1n) is 10.9. The summed E-state index contributed by atoms with van der Waals surface area (Å²) in [5, 5.41) is 18.9. The predicted octanol–water partition coefficient (Wildman–Crippen LogP) is 3.99. The smallest absolute Gasteiger partial charge is 0.267 e. The molecule has 1 amide bonds. The first-order chi connectivity index (χ1) is 17.1. The zero-order chi connectivity index (χ0) is 24.4. The van der Waals surface area contributed by atoms with Crippen LogP contribution in [-0.2, 0) is 4.79 Å². The molecule has 0 aliphatic carbocycles. The Hall–Kier alpha value is -4.42. The van der Waals surface area contributed by atoms with Crippen molar-refractivity contribution in [2.45, 2.75) is 12.1 Å². The normalized spacial score (nSPS) is 11.0. The van der Waals surface area contributed by atoms with Gasteiger partial charge in [0.15, 0.2) is 5.16 Å². The lowest BCUT2D eigenvalue weighted by molar-refractivity contribution is -0.116. The third kappa shape index (κ3) is 4.16. The molecule has 0 unspecified atom stereocenters. The van der Waals surface area contributed by atoms with Crippen LogP contribution in [0.15, 0.2) is 88.8 Å². The second-order valence-corrected chi connectivity index (χ2v) is 8.82. The number of rotatable bonds is 6. The van der Waals surface area contributed by atoms with E-state index in [9.17, 15) is 14.9 Å². The quantitative estimate of drug-likeness (QED) is 0.269. The average Bonchev–Trinajstić information content (AvgIpc) is 3.31. The summed E-state index contributed by atoms with van der Waals surface area (Å²) in [6.07, 6.45) is 0. The Morgan fingerprint density at radius 2 is 1.71 bits per heavy atom. The van der Waals surface area contributed by atoms with Gasteiger partial charge in [-0.05, 0) is 43.3 Å². The molecule has 0 atom stereocenters. The molecule has 0 aliphatic rings. The van der Waals surface area contributed by atoms with E-state index in [1.165, 1.54) is 21.2 Å². The molecule has 5 aromatic rings. The molecule has 35 heavy (non-hydrogen) atoms. The van der Waals surface area contributed by atoms with Crippen molar-refractivity contribution in [3.63, 3.8) is 0 Å². The number of carbonyl (C=O) groups is 1. The summed E-state index contributed by atoms with van der Waals surface area (Å²) < 4.78 is 3.33. The Morgan fingerprint density at radius 1 is 1.00 bits per heavy atom. The summed E-state index contributed by atoms with van der Waals surface area (Å²) in [6.45, 7) is 1.93. The first kappa shape index (κ1) is 22.4. The lowest BCUT2D eigenvalue weighted by Gasteiger charge is -2.19. The van der Waals surface area contributed by atoms with Gasteiger partial charge in [0.05, 0.1) is 28.4 Å². The van der Waals surface area contributed by atoms with Crippen LogP contribution in [0.3, 0.4) is 0 Å². The van der Waals surface area contributed by atoms with E-state index in [4.69, 9.17) is 0 Å². The Bertz CT molecular complexity index is 1630. The third-order valence-corrected chi connectivity index (χ3v) is 6.52. The van der Waals surface area contributed by atoms with Gasteiger partial charge in [0, 0.05) is 5.69 Å². The lowest BCUT2D eigenvalue weighted by atomic mass is 10.2. The minimum Gasteiger partial charge on any atom is -0.298 e. The zero-order valence-corrected chi connectivity index (χ0v) is 19.6. The van der Waals surface area contributed by atoms with Crippen molar-refractivity contribution in [3.05, 3.63) is 94.8 Å². The van der Waals surface area contributed by atoms with Crippen molar-refractivity contribution in [3.8, 4) is 11.8 Å². The number of nitrogens with zero attached hydrogens (tertiary/aromatic N) is 6. The van der Waals surface area contributed by atoms with Crippen LogP contribution in [0, 0.1) is 18.3 Å². The number of anilines is 1. The van der Waals surface area contributed by atoms with Gasteiger partial charge in [-0.1, -0.05) is 59.8 Å². The fourth-order valence-corrected chi connectivity index (χ4v) is 4.72. The Labute approximate surface area is 205 Å². The van der Waals surface area contributed by atoms with Crippen molar-refractivity contribution < 1.29 is 4.79 Å². The first-order valence-corrected chi connectivity index (χ1v) is 11.9. The number of thioether (sulfide) groups is 1. The lowest BCUT2D eigenvalue weighted by Crippen LogP contribution is -2.32. The number of carbonyl (C=O) groups excluding carboxylic acids is 1. The fourth-order valence-electron chi connectivity index (χ4n) is 3.91. The molecule has 0 saturated heterocycles. The summed E-state index contributed by atoms with van der Waals surface area (Å²) in [7, 11) is 0. The minimum absolute atomic E-state index is 0.0509. The van der Waals surface area contributed by atoms with Crippen LogP contribution < -0.4 is 10.5 Å². The Balaban J connectivity index is 1.57. The second kappa shape index (κ2) is 9.44. The molecule has 0 saturated carbocycles. The molecule has 0 radical (unpaired) electrons. The number of benzene rings is 3. The average molecular weight is 481 g/mol. The van der Waals surface area contributed by atoms with Crippen molar-refractivity contribution in [2.24, 2.45) is 0 Å². The highest BCUT2D eigenvalue weighted by Gasteiger charge is 2.21. The van der Waals surface area contributed by atoms with E-state index in [0.717, 1.165) is 5.56 Å². The van der Waals surface area contributed by atoms with Crippen LogP contribution in [0.25, 0.3) is 22.4 Å². The standard InChI is InChI=1S/C26H20N6O2S/c1-18-11-13-20(14-12-18)31-24(34)21-9-5-6-10-22(21)32-25(31)28-29-26(32)35-17-23(33)30(16-15-27)19-7-3-2-4-8-19/h2-14H,16-17H2,1H3. The minimum atomic E-state index is -0.226. The molecule has 5 rings (SSSR count). The molecule has 2 aromatic heterocycles. The molecule has 0 bridgehead atoms. The van der Waals surface area contributed by atoms with Crippen molar-refractivity contribution in [1.29, 1.82) is 5.26 Å². The summed E-state index contributed by atoms with van der Waals surface area (Å²) >= 11 is 1.21. The number of fused-ring (bicyclic) bond motifs is 3. The highest BCUT2D eigenvalue weighted by molar-refractivity contribution is 7.99. The van der Waals surface area contributed by atoms with Crippen molar-refractivity contribution in [2.75, 3.05) is 17.2 Å². The van der Waals surface area contributed by atoms with Gasteiger partial charge in [-0.3, -0.25) is 18.9 Å². The second-order valence-electron chi connectivity index (χ2n) is 7.87. The number of para-hydroxylation sites is 2. The van der Waals surface area contributed by atoms with E-state index in [1.54, 1.807) is 22.6 Å². The number of aromatic nitrogens is 4. The van der Waals surface area contributed by atoms with Gasteiger partial charge >= 0.3 is 0 Å². The number of nitriles is 1. The van der Waals surface area contributed by atoms with Gasteiger partial charge in [0.25, 0.3) is 5.56 Å². The summed E-state index contributed by atoms with van der Waals surface area (Å²) in [5.41, 5.74) is 2.88. The van der Waals surface area contributed by atoms with Crippen molar-refractivity contribution >= 4 is 40.0 Å². The van der Waals surface area contributed by atoms with Gasteiger partial charge in [-0.25, -0.2) is 4.57 Å². The van der Waals surface area contributed by atoms with Crippen LogP contribution in [0.4, 0.5) is 5.69 Å². The van der Waals surface area contributed by atoms with E-state index in [1.807, 2.05) is 67.6 Å². The van der Waals surface area contributed by atoms with E-state index < -0.39 is 0 Å². The van der Waals surface area contributed by atoms with Crippen LogP contribution in [0.5, 0.6) is 0 Å².